The van der Waals surface area contributed by atoms with Gasteiger partial charge in [0.1, 0.15) is 5.69 Å². The van der Waals surface area contributed by atoms with Crippen LogP contribution in [0.4, 0.5) is 11.4 Å². The van der Waals surface area contributed by atoms with Gasteiger partial charge in [0.05, 0.1) is 18.6 Å². The Morgan fingerprint density at radius 3 is 2.50 bits per heavy atom. The second-order valence-electron chi connectivity index (χ2n) is 4.93. The Kier molecular flexibility index (Phi) is 6.13. The Morgan fingerprint density at radius 2 is 1.79 bits per heavy atom. The monoisotopic (exact) mass is 330 g/mol. The number of nitro benzene ring substituents is 1. The Labute approximate surface area is 139 Å². The summed E-state index contributed by atoms with van der Waals surface area (Å²) in [7, 11) is 1.56. The van der Waals surface area contributed by atoms with Gasteiger partial charge in [0.2, 0.25) is 5.91 Å². The quantitative estimate of drug-likeness (QED) is 0.455. The molecular formula is C17H18N2O5. The summed E-state index contributed by atoms with van der Waals surface area (Å²) in [6.45, 7) is 0.338. The van der Waals surface area contributed by atoms with Crippen LogP contribution < -0.4 is 14.8 Å². The minimum absolute atomic E-state index is 0.129. The summed E-state index contributed by atoms with van der Waals surface area (Å²) in [4.78, 5) is 22.3. The van der Waals surface area contributed by atoms with E-state index in [1.165, 1.54) is 12.1 Å². The van der Waals surface area contributed by atoms with Crippen molar-refractivity contribution >= 4 is 17.3 Å². The summed E-state index contributed by atoms with van der Waals surface area (Å²) in [5, 5.41) is 13.5. The zero-order valence-corrected chi connectivity index (χ0v) is 13.2. The number of nitrogens with one attached hydrogen (secondary N) is 1. The minimum Gasteiger partial charge on any atom is -0.493 e. The number of rotatable bonds is 8. The van der Waals surface area contributed by atoms with Gasteiger partial charge in [0.25, 0.3) is 5.69 Å². The van der Waals surface area contributed by atoms with Crippen molar-refractivity contribution in [2.45, 2.75) is 12.8 Å². The molecule has 2 rings (SSSR count). The number of nitrogens with zero attached hydrogens (tertiary/aromatic N) is 1. The van der Waals surface area contributed by atoms with E-state index in [1.807, 2.05) is 12.1 Å². The molecule has 2 aromatic rings. The lowest BCUT2D eigenvalue weighted by Crippen LogP contribution is -2.14. The van der Waals surface area contributed by atoms with Crippen LogP contribution in [-0.4, -0.2) is 24.5 Å². The van der Waals surface area contributed by atoms with Crippen molar-refractivity contribution in [3.05, 3.63) is 58.6 Å². The third-order valence-corrected chi connectivity index (χ3v) is 3.25. The highest BCUT2D eigenvalue weighted by atomic mass is 16.6. The molecule has 0 aliphatic heterocycles. The summed E-state index contributed by atoms with van der Waals surface area (Å²) < 4.78 is 10.7. The summed E-state index contributed by atoms with van der Waals surface area (Å²) >= 11 is 0. The first-order valence-electron chi connectivity index (χ1n) is 7.41. The summed E-state index contributed by atoms with van der Waals surface area (Å²) in [6, 6.07) is 13.3. The van der Waals surface area contributed by atoms with Gasteiger partial charge in [-0.1, -0.05) is 24.3 Å². The molecule has 0 saturated heterocycles. The van der Waals surface area contributed by atoms with Crippen LogP contribution in [0.3, 0.4) is 0 Å². The van der Waals surface area contributed by atoms with E-state index >= 15 is 0 Å². The van der Waals surface area contributed by atoms with Gasteiger partial charge in [-0.25, -0.2) is 0 Å². The van der Waals surface area contributed by atoms with E-state index in [9.17, 15) is 14.9 Å². The molecule has 0 aromatic heterocycles. The number of anilines is 1. The average molecular weight is 330 g/mol. The second-order valence-corrected chi connectivity index (χ2v) is 4.93. The lowest BCUT2D eigenvalue weighted by atomic mass is 10.2. The average Bonchev–Trinajstić information content (AvgIpc) is 2.59. The Bertz CT molecular complexity index is 718. The molecule has 0 fully saturated rings. The van der Waals surface area contributed by atoms with Crippen molar-refractivity contribution in [1.29, 1.82) is 0 Å². The zero-order chi connectivity index (χ0) is 17.4. The molecule has 0 heterocycles. The number of amides is 1. The predicted molar refractivity (Wildman–Crippen MR) is 89.4 cm³/mol. The van der Waals surface area contributed by atoms with Gasteiger partial charge in [-0.3, -0.25) is 14.9 Å². The molecule has 0 saturated carbocycles. The fourth-order valence-electron chi connectivity index (χ4n) is 2.10. The standard InChI is InChI=1S/C17H18N2O5/c1-23-15-9-4-5-10-16(15)24-12-6-11-17(20)18-13-7-2-3-8-14(13)19(21)22/h2-5,7-10H,6,11-12H2,1H3,(H,18,20). The smallest absolute Gasteiger partial charge is 0.292 e. The number of nitro groups is 1. The van der Waals surface area contributed by atoms with Crippen LogP contribution in [0, 0.1) is 10.1 Å². The largest absolute Gasteiger partial charge is 0.493 e. The molecular weight excluding hydrogens is 312 g/mol. The van der Waals surface area contributed by atoms with Gasteiger partial charge in [0.15, 0.2) is 11.5 Å². The molecule has 24 heavy (non-hydrogen) atoms. The lowest BCUT2D eigenvalue weighted by molar-refractivity contribution is -0.383. The highest BCUT2D eigenvalue weighted by molar-refractivity contribution is 5.92. The molecule has 0 radical (unpaired) electrons. The summed E-state index contributed by atoms with van der Waals surface area (Å²) in [5.41, 5.74) is 0.0641. The van der Waals surface area contributed by atoms with E-state index in [-0.39, 0.29) is 23.7 Å². The van der Waals surface area contributed by atoms with Crippen LogP contribution in [0.1, 0.15) is 12.8 Å². The SMILES string of the molecule is COc1ccccc1OCCCC(=O)Nc1ccccc1[N+](=O)[O-]. The van der Waals surface area contributed by atoms with Gasteiger partial charge in [0, 0.05) is 12.5 Å². The number of para-hydroxylation sites is 4. The number of benzene rings is 2. The van der Waals surface area contributed by atoms with E-state index in [2.05, 4.69) is 5.32 Å². The fraction of sp³-hybridized carbons (Fsp3) is 0.235. The van der Waals surface area contributed by atoms with Crippen LogP contribution in [0.5, 0.6) is 11.5 Å². The van der Waals surface area contributed by atoms with Crippen LogP contribution in [0.15, 0.2) is 48.5 Å². The second kappa shape index (κ2) is 8.52. The highest BCUT2D eigenvalue weighted by Crippen LogP contribution is 2.26. The topological polar surface area (TPSA) is 90.7 Å². The molecule has 7 nitrogen and oxygen atoms in total. The third kappa shape index (κ3) is 4.70. The molecule has 7 heteroatoms. The minimum atomic E-state index is -0.527. The molecule has 0 bridgehead atoms. The molecule has 1 amide bonds. The van der Waals surface area contributed by atoms with Gasteiger partial charge >= 0.3 is 0 Å². The predicted octanol–water partition coefficient (Wildman–Crippen LogP) is 3.40. The van der Waals surface area contributed by atoms with E-state index in [0.717, 1.165) is 0 Å². The van der Waals surface area contributed by atoms with Gasteiger partial charge in [-0.15, -0.1) is 0 Å². The van der Waals surface area contributed by atoms with E-state index in [4.69, 9.17) is 9.47 Å². The van der Waals surface area contributed by atoms with Crippen molar-refractivity contribution in [3.63, 3.8) is 0 Å². The van der Waals surface area contributed by atoms with Crippen molar-refractivity contribution in [3.8, 4) is 11.5 Å². The Hall–Kier alpha value is -3.09. The van der Waals surface area contributed by atoms with Gasteiger partial charge in [-0.2, -0.15) is 0 Å². The molecule has 2 aromatic carbocycles. The number of hydrogen-bond acceptors (Lipinski definition) is 5. The number of methoxy groups -OCH3 is 1. The Balaban J connectivity index is 1.81. The zero-order valence-electron chi connectivity index (χ0n) is 13.2. The van der Waals surface area contributed by atoms with E-state index in [1.54, 1.807) is 31.4 Å². The van der Waals surface area contributed by atoms with Gasteiger partial charge < -0.3 is 14.8 Å². The van der Waals surface area contributed by atoms with Crippen LogP contribution in [0.25, 0.3) is 0 Å². The van der Waals surface area contributed by atoms with Gasteiger partial charge in [-0.05, 0) is 24.6 Å². The first-order valence-corrected chi connectivity index (χ1v) is 7.41. The maximum absolute atomic E-state index is 11.9. The van der Waals surface area contributed by atoms with Crippen molar-refractivity contribution in [2.75, 3.05) is 19.0 Å². The first-order chi connectivity index (χ1) is 11.6. The molecule has 126 valence electrons. The third-order valence-electron chi connectivity index (χ3n) is 3.25. The first kappa shape index (κ1) is 17.3. The van der Waals surface area contributed by atoms with Crippen LogP contribution in [-0.2, 0) is 4.79 Å². The van der Waals surface area contributed by atoms with Crippen LogP contribution in [0.2, 0.25) is 0 Å². The Morgan fingerprint density at radius 1 is 1.12 bits per heavy atom. The fourth-order valence-corrected chi connectivity index (χ4v) is 2.10. The maximum Gasteiger partial charge on any atom is 0.292 e. The number of carbonyl (C=O) groups excluding carboxylic acids is 1. The van der Waals surface area contributed by atoms with E-state index < -0.39 is 4.92 Å². The summed E-state index contributed by atoms with van der Waals surface area (Å²) in [6.07, 6.45) is 0.672. The number of carbonyl (C=O) groups is 1. The molecule has 0 spiro atoms. The molecule has 0 unspecified atom stereocenters. The summed E-state index contributed by atoms with van der Waals surface area (Å²) in [5.74, 6) is 0.939. The van der Waals surface area contributed by atoms with Crippen molar-refractivity contribution in [2.24, 2.45) is 0 Å². The molecule has 0 aliphatic rings. The number of hydrogen-bond donors (Lipinski definition) is 1. The highest BCUT2D eigenvalue weighted by Gasteiger charge is 2.14. The number of ether oxygens (including phenoxy) is 2. The van der Waals surface area contributed by atoms with Crippen molar-refractivity contribution < 1.29 is 19.2 Å². The van der Waals surface area contributed by atoms with Crippen LogP contribution >= 0.6 is 0 Å². The maximum atomic E-state index is 11.9. The molecule has 1 N–H and O–H groups in total. The molecule has 0 aliphatic carbocycles. The van der Waals surface area contributed by atoms with Crippen molar-refractivity contribution in [1.82, 2.24) is 0 Å². The lowest BCUT2D eigenvalue weighted by Gasteiger charge is -2.10. The normalized spacial score (nSPS) is 10.0. The molecule has 0 atom stereocenters. The van der Waals surface area contributed by atoms with E-state index in [0.29, 0.717) is 24.5 Å².